The third kappa shape index (κ3) is 3.89. The summed E-state index contributed by atoms with van der Waals surface area (Å²) in [5.74, 6) is 0.451. The van der Waals surface area contributed by atoms with Gasteiger partial charge in [-0.15, -0.1) is 0 Å². The molecular formula is C26H32N2O2. The number of fused-ring (bicyclic) bond motifs is 1. The second kappa shape index (κ2) is 8.65. The molecule has 2 aromatic carbocycles. The number of aryl methyl sites for hydroxylation is 1. The molecule has 0 bridgehead atoms. The highest BCUT2D eigenvalue weighted by molar-refractivity contribution is 5.98. The van der Waals surface area contributed by atoms with Crippen molar-refractivity contribution >= 4 is 16.9 Å². The van der Waals surface area contributed by atoms with Gasteiger partial charge in [0.05, 0.1) is 0 Å². The molecule has 1 aliphatic rings. The number of nitrogens with one attached hydrogen (secondary N) is 1. The van der Waals surface area contributed by atoms with E-state index in [-0.39, 0.29) is 0 Å². The Labute approximate surface area is 178 Å². The summed E-state index contributed by atoms with van der Waals surface area (Å²) in [6.45, 7) is 7.88. The SMILES string of the molecule is Cc1ccccc1Cn1c(C(=O)O)c(CN[C@@H]2CCC[C@H](C)[C@@H]2C)c2ccccc21. The first-order valence-corrected chi connectivity index (χ1v) is 11.1. The second-order valence-electron chi connectivity index (χ2n) is 8.92. The number of hydrogen-bond acceptors (Lipinski definition) is 2. The average Bonchev–Trinajstić information content (AvgIpc) is 3.04. The first-order chi connectivity index (χ1) is 14.5. The van der Waals surface area contributed by atoms with Crippen LogP contribution >= 0.6 is 0 Å². The minimum absolute atomic E-state index is 0.406. The maximum absolute atomic E-state index is 12.4. The third-order valence-corrected chi connectivity index (χ3v) is 7.12. The number of carboxylic acids is 1. The van der Waals surface area contributed by atoms with Crippen LogP contribution in [-0.4, -0.2) is 21.7 Å². The molecule has 3 atom stereocenters. The molecule has 158 valence electrons. The lowest BCUT2D eigenvalue weighted by atomic mass is 9.78. The van der Waals surface area contributed by atoms with E-state index in [9.17, 15) is 9.90 Å². The predicted octanol–water partition coefficient (Wildman–Crippen LogP) is 5.61. The highest BCUT2D eigenvalue weighted by Gasteiger charge is 2.28. The number of nitrogens with zero attached hydrogens (tertiary/aromatic N) is 1. The van der Waals surface area contributed by atoms with Crippen LogP contribution in [0.25, 0.3) is 10.9 Å². The normalized spacial score (nSPS) is 21.8. The Morgan fingerprint density at radius 1 is 1.10 bits per heavy atom. The van der Waals surface area contributed by atoms with Gasteiger partial charge >= 0.3 is 5.97 Å². The van der Waals surface area contributed by atoms with Gasteiger partial charge in [-0.1, -0.05) is 69.2 Å². The van der Waals surface area contributed by atoms with Gasteiger partial charge in [-0.05, 0) is 42.4 Å². The van der Waals surface area contributed by atoms with Crippen LogP contribution in [0, 0.1) is 18.8 Å². The van der Waals surface area contributed by atoms with Crippen molar-refractivity contribution in [1.82, 2.24) is 9.88 Å². The summed E-state index contributed by atoms with van der Waals surface area (Å²) >= 11 is 0. The van der Waals surface area contributed by atoms with Crippen molar-refractivity contribution in [3.63, 3.8) is 0 Å². The van der Waals surface area contributed by atoms with Gasteiger partial charge in [0.15, 0.2) is 0 Å². The number of rotatable bonds is 6. The number of aromatic carboxylic acids is 1. The highest BCUT2D eigenvalue weighted by Crippen LogP contribution is 2.32. The van der Waals surface area contributed by atoms with E-state index in [2.05, 4.69) is 44.3 Å². The maximum atomic E-state index is 12.4. The largest absolute Gasteiger partial charge is 0.477 e. The smallest absolute Gasteiger partial charge is 0.352 e. The lowest BCUT2D eigenvalue weighted by Gasteiger charge is -2.34. The van der Waals surface area contributed by atoms with E-state index in [4.69, 9.17) is 0 Å². The van der Waals surface area contributed by atoms with Crippen LogP contribution in [0.3, 0.4) is 0 Å². The van der Waals surface area contributed by atoms with Gasteiger partial charge < -0.3 is 15.0 Å². The topological polar surface area (TPSA) is 54.3 Å². The van der Waals surface area contributed by atoms with Crippen molar-refractivity contribution in [2.24, 2.45) is 11.8 Å². The van der Waals surface area contributed by atoms with Crippen LogP contribution in [-0.2, 0) is 13.1 Å². The lowest BCUT2D eigenvalue weighted by molar-refractivity contribution is 0.0684. The molecule has 0 unspecified atom stereocenters. The summed E-state index contributed by atoms with van der Waals surface area (Å²) in [5.41, 5.74) is 4.62. The first kappa shape index (κ1) is 20.7. The Morgan fingerprint density at radius 3 is 2.60 bits per heavy atom. The summed E-state index contributed by atoms with van der Waals surface area (Å²) in [7, 11) is 0. The van der Waals surface area contributed by atoms with E-state index < -0.39 is 5.97 Å². The number of carboxylic acid groups (broad SMARTS) is 1. The summed E-state index contributed by atoms with van der Waals surface area (Å²) < 4.78 is 1.98. The molecule has 0 spiro atoms. The van der Waals surface area contributed by atoms with Gasteiger partial charge in [0.25, 0.3) is 0 Å². The number of hydrogen-bond donors (Lipinski definition) is 2. The average molecular weight is 405 g/mol. The fourth-order valence-electron chi connectivity index (χ4n) is 5.02. The van der Waals surface area contributed by atoms with Crippen LogP contribution in [0.15, 0.2) is 48.5 Å². The fraction of sp³-hybridized carbons (Fsp3) is 0.423. The Morgan fingerprint density at radius 2 is 1.83 bits per heavy atom. The predicted molar refractivity (Wildman–Crippen MR) is 122 cm³/mol. The summed E-state index contributed by atoms with van der Waals surface area (Å²) in [5, 5.41) is 14.9. The Kier molecular flexibility index (Phi) is 5.96. The molecule has 1 aromatic heterocycles. The molecule has 3 aromatic rings. The number of para-hydroxylation sites is 1. The molecule has 4 rings (SSSR count). The molecular weight excluding hydrogens is 372 g/mol. The van der Waals surface area contributed by atoms with Gasteiger partial charge in [0, 0.05) is 35.6 Å². The quantitative estimate of drug-likeness (QED) is 0.561. The summed E-state index contributed by atoms with van der Waals surface area (Å²) in [6, 6.07) is 16.7. The van der Waals surface area contributed by atoms with Crippen molar-refractivity contribution in [2.45, 2.75) is 59.2 Å². The zero-order valence-electron chi connectivity index (χ0n) is 18.2. The molecule has 1 fully saturated rings. The van der Waals surface area contributed by atoms with Gasteiger partial charge in [-0.25, -0.2) is 4.79 Å². The van der Waals surface area contributed by atoms with Gasteiger partial charge in [0.1, 0.15) is 5.69 Å². The standard InChI is InChI=1S/C26H32N2O2/c1-17-10-8-13-23(19(17)3)27-15-22-21-12-6-7-14-24(21)28(25(22)26(29)30)16-20-11-5-4-9-18(20)2/h4-7,9,11-12,14,17,19,23,27H,8,10,13,15-16H2,1-3H3,(H,29,30)/t17-,19-,23+/m0/s1. The van der Waals surface area contributed by atoms with Crippen molar-refractivity contribution in [3.8, 4) is 0 Å². The molecule has 0 aliphatic heterocycles. The van der Waals surface area contributed by atoms with Crippen LogP contribution in [0.1, 0.15) is 60.3 Å². The Hall–Kier alpha value is -2.59. The molecule has 0 amide bonds. The summed E-state index contributed by atoms with van der Waals surface area (Å²) in [4.78, 5) is 12.4. The molecule has 1 saturated carbocycles. The van der Waals surface area contributed by atoms with Gasteiger partial charge in [-0.2, -0.15) is 0 Å². The molecule has 1 heterocycles. The summed E-state index contributed by atoms with van der Waals surface area (Å²) in [6.07, 6.45) is 3.69. The molecule has 30 heavy (non-hydrogen) atoms. The maximum Gasteiger partial charge on any atom is 0.352 e. The van der Waals surface area contributed by atoms with E-state index in [0.29, 0.717) is 36.7 Å². The number of benzene rings is 2. The molecule has 0 radical (unpaired) electrons. The third-order valence-electron chi connectivity index (χ3n) is 7.12. The van der Waals surface area contributed by atoms with E-state index in [0.717, 1.165) is 28.5 Å². The molecule has 2 N–H and O–H groups in total. The monoisotopic (exact) mass is 404 g/mol. The number of aromatic nitrogens is 1. The zero-order valence-corrected chi connectivity index (χ0v) is 18.2. The van der Waals surface area contributed by atoms with Crippen LogP contribution < -0.4 is 5.32 Å². The van der Waals surface area contributed by atoms with Gasteiger partial charge in [0.2, 0.25) is 0 Å². The molecule has 4 heteroatoms. The lowest BCUT2D eigenvalue weighted by Crippen LogP contribution is -2.40. The van der Waals surface area contributed by atoms with E-state index in [1.165, 1.54) is 18.4 Å². The zero-order chi connectivity index (χ0) is 21.3. The fourth-order valence-corrected chi connectivity index (χ4v) is 5.02. The first-order valence-electron chi connectivity index (χ1n) is 11.1. The number of carbonyl (C=O) groups is 1. The van der Waals surface area contributed by atoms with Crippen LogP contribution in [0.4, 0.5) is 0 Å². The van der Waals surface area contributed by atoms with Crippen molar-refractivity contribution in [3.05, 3.63) is 70.9 Å². The highest BCUT2D eigenvalue weighted by atomic mass is 16.4. The molecule has 4 nitrogen and oxygen atoms in total. The minimum atomic E-state index is -0.860. The van der Waals surface area contributed by atoms with Crippen molar-refractivity contribution in [2.75, 3.05) is 0 Å². The van der Waals surface area contributed by atoms with E-state index in [1.807, 2.05) is 34.9 Å². The minimum Gasteiger partial charge on any atom is -0.477 e. The Bertz CT molecular complexity index is 1050. The van der Waals surface area contributed by atoms with Crippen molar-refractivity contribution < 1.29 is 9.90 Å². The second-order valence-corrected chi connectivity index (χ2v) is 8.92. The van der Waals surface area contributed by atoms with Crippen molar-refractivity contribution in [1.29, 1.82) is 0 Å². The molecule has 1 aliphatic carbocycles. The van der Waals surface area contributed by atoms with E-state index in [1.54, 1.807) is 0 Å². The molecule has 0 saturated heterocycles. The van der Waals surface area contributed by atoms with Crippen LogP contribution in [0.2, 0.25) is 0 Å². The Balaban J connectivity index is 1.73. The van der Waals surface area contributed by atoms with E-state index >= 15 is 0 Å². The van der Waals surface area contributed by atoms with Gasteiger partial charge in [-0.3, -0.25) is 0 Å². The van der Waals surface area contributed by atoms with Crippen LogP contribution in [0.5, 0.6) is 0 Å².